The van der Waals surface area contributed by atoms with Crippen LogP contribution in [0.2, 0.25) is 0 Å². The number of hydrogen-bond donors (Lipinski definition) is 3. The van der Waals surface area contributed by atoms with Crippen molar-refractivity contribution in [2.45, 2.75) is 31.8 Å². The lowest BCUT2D eigenvalue weighted by Crippen LogP contribution is -2.29. The van der Waals surface area contributed by atoms with Gasteiger partial charge in [0.25, 0.3) is 0 Å². The Bertz CT molecular complexity index is 1050. The number of aromatic nitrogens is 2. The minimum Gasteiger partial charge on any atom is -0.366 e. The third-order valence-electron chi connectivity index (χ3n) is 5.76. The molecule has 6 nitrogen and oxygen atoms in total. The van der Waals surface area contributed by atoms with Gasteiger partial charge >= 0.3 is 0 Å². The number of benzene rings is 2. The van der Waals surface area contributed by atoms with Gasteiger partial charge in [-0.1, -0.05) is 36.4 Å². The second-order valence-electron chi connectivity index (χ2n) is 7.71. The van der Waals surface area contributed by atoms with E-state index in [4.69, 9.17) is 15.7 Å². The SMILES string of the molecule is NC(=O)c1ccc(-c2nc3c(c(NC4Cc5ccccc5C4)n2)CCNC3)cc1. The molecule has 29 heavy (non-hydrogen) atoms. The molecule has 2 heterocycles. The van der Waals surface area contributed by atoms with Crippen LogP contribution in [0.3, 0.4) is 0 Å². The summed E-state index contributed by atoms with van der Waals surface area (Å²) in [5.74, 6) is 1.17. The molecule has 0 saturated heterocycles. The van der Waals surface area contributed by atoms with E-state index >= 15 is 0 Å². The van der Waals surface area contributed by atoms with E-state index in [1.54, 1.807) is 12.1 Å². The lowest BCUT2D eigenvalue weighted by Gasteiger charge is -2.23. The van der Waals surface area contributed by atoms with Crippen molar-refractivity contribution < 1.29 is 4.79 Å². The molecule has 0 spiro atoms. The third-order valence-corrected chi connectivity index (χ3v) is 5.76. The lowest BCUT2D eigenvalue weighted by molar-refractivity contribution is 0.100. The van der Waals surface area contributed by atoms with Crippen molar-refractivity contribution in [3.63, 3.8) is 0 Å². The van der Waals surface area contributed by atoms with E-state index in [9.17, 15) is 4.79 Å². The highest BCUT2D eigenvalue weighted by atomic mass is 16.1. The second kappa shape index (κ2) is 7.29. The Kier molecular flexibility index (Phi) is 4.48. The Balaban J connectivity index is 1.48. The van der Waals surface area contributed by atoms with E-state index in [1.807, 2.05) is 12.1 Å². The van der Waals surface area contributed by atoms with E-state index in [0.29, 0.717) is 17.4 Å². The van der Waals surface area contributed by atoms with E-state index < -0.39 is 5.91 Å². The first-order valence-electron chi connectivity index (χ1n) is 10.0. The van der Waals surface area contributed by atoms with Crippen LogP contribution >= 0.6 is 0 Å². The first-order valence-corrected chi connectivity index (χ1v) is 10.0. The van der Waals surface area contributed by atoms with Crippen molar-refractivity contribution in [1.82, 2.24) is 15.3 Å². The van der Waals surface area contributed by atoms with Crippen molar-refractivity contribution >= 4 is 11.7 Å². The molecule has 0 bridgehead atoms. The summed E-state index contributed by atoms with van der Waals surface area (Å²) in [4.78, 5) is 21.0. The van der Waals surface area contributed by atoms with Gasteiger partial charge in [-0.05, 0) is 49.1 Å². The first kappa shape index (κ1) is 17.8. The Morgan fingerprint density at radius 1 is 1.03 bits per heavy atom. The summed E-state index contributed by atoms with van der Waals surface area (Å²) in [6.07, 6.45) is 2.93. The summed E-state index contributed by atoms with van der Waals surface area (Å²) >= 11 is 0. The number of anilines is 1. The van der Waals surface area contributed by atoms with Gasteiger partial charge in [0.2, 0.25) is 5.91 Å². The quantitative estimate of drug-likeness (QED) is 0.642. The fraction of sp³-hybridized carbons (Fsp3) is 0.261. The van der Waals surface area contributed by atoms with Crippen LogP contribution in [0.5, 0.6) is 0 Å². The molecular weight excluding hydrogens is 362 g/mol. The van der Waals surface area contributed by atoms with Crippen molar-refractivity contribution in [2.24, 2.45) is 5.73 Å². The van der Waals surface area contributed by atoms with Crippen molar-refractivity contribution in [3.05, 3.63) is 76.5 Å². The number of rotatable bonds is 4. The number of nitrogens with zero attached hydrogens (tertiary/aromatic N) is 2. The fourth-order valence-corrected chi connectivity index (χ4v) is 4.25. The molecule has 2 aromatic carbocycles. The molecule has 0 fully saturated rings. The van der Waals surface area contributed by atoms with Crippen LogP contribution in [-0.2, 0) is 25.8 Å². The van der Waals surface area contributed by atoms with E-state index in [2.05, 4.69) is 34.9 Å². The molecule has 3 aromatic rings. The topological polar surface area (TPSA) is 92.9 Å². The lowest BCUT2D eigenvalue weighted by atomic mass is 10.0. The number of carbonyl (C=O) groups excluding carboxylic acids is 1. The van der Waals surface area contributed by atoms with Crippen molar-refractivity contribution in [3.8, 4) is 11.4 Å². The normalized spacial score (nSPS) is 15.6. The maximum atomic E-state index is 11.4. The number of nitrogens with two attached hydrogens (primary N) is 1. The van der Waals surface area contributed by atoms with Crippen molar-refractivity contribution in [1.29, 1.82) is 0 Å². The Morgan fingerprint density at radius 2 is 1.76 bits per heavy atom. The molecule has 146 valence electrons. The predicted octanol–water partition coefficient (Wildman–Crippen LogP) is 2.47. The molecule has 1 aliphatic heterocycles. The summed E-state index contributed by atoms with van der Waals surface area (Å²) in [5.41, 5.74) is 11.8. The van der Waals surface area contributed by atoms with Crippen LogP contribution in [0.4, 0.5) is 5.82 Å². The highest BCUT2D eigenvalue weighted by molar-refractivity contribution is 5.93. The van der Waals surface area contributed by atoms with Crippen LogP contribution in [0, 0.1) is 0 Å². The van der Waals surface area contributed by atoms with Crippen LogP contribution in [-0.4, -0.2) is 28.5 Å². The first-order chi connectivity index (χ1) is 14.2. The molecule has 0 radical (unpaired) electrons. The van der Waals surface area contributed by atoms with Gasteiger partial charge in [-0.3, -0.25) is 4.79 Å². The molecule has 1 aliphatic carbocycles. The molecule has 0 unspecified atom stereocenters. The van der Waals surface area contributed by atoms with Gasteiger partial charge in [0, 0.05) is 29.3 Å². The zero-order valence-electron chi connectivity index (χ0n) is 16.1. The third kappa shape index (κ3) is 3.47. The van der Waals surface area contributed by atoms with Gasteiger partial charge in [-0.25, -0.2) is 9.97 Å². The molecule has 1 amide bonds. The molecule has 1 aromatic heterocycles. The minimum atomic E-state index is -0.435. The van der Waals surface area contributed by atoms with Crippen LogP contribution in [0.15, 0.2) is 48.5 Å². The Hall–Kier alpha value is -3.25. The highest BCUT2D eigenvalue weighted by Gasteiger charge is 2.24. The highest BCUT2D eigenvalue weighted by Crippen LogP contribution is 2.29. The van der Waals surface area contributed by atoms with Gasteiger partial charge in [0.05, 0.1) is 5.69 Å². The van der Waals surface area contributed by atoms with Gasteiger partial charge in [0.1, 0.15) is 5.82 Å². The maximum absolute atomic E-state index is 11.4. The molecule has 5 rings (SSSR count). The predicted molar refractivity (Wildman–Crippen MR) is 113 cm³/mol. The summed E-state index contributed by atoms with van der Waals surface area (Å²) < 4.78 is 0. The van der Waals surface area contributed by atoms with E-state index in [-0.39, 0.29) is 0 Å². The second-order valence-corrected chi connectivity index (χ2v) is 7.71. The zero-order valence-corrected chi connectivity index (χ0v) is 16.1. The molecule has 0 atom stereocenters. The number of hydrogen-bond acceptors (Lipinski definition) is 5. The monoisotopic (exact) mass is 385 g/mol. The van der Waals surface area contributed by atoms with Gasteiger partial charge in [0.15, 0.2) is 5.82 Å². The number of carbonyl (C=O) groups is 1. The minimum absolute atomic E-state index is 0.339. The summed E-state index contributed by atoms with van der Waals surface area (Å²) in [6, 6.07) is 16.1. The summed E-state index contributed by atoms with van der Waals surface area (Å²) in [7, 11) is 0. The summed E-state index contributed by atoms with van der Waals surface area (Å²) in [6.45, 7) is 1.67. The van der Waals surface area contributed by atoms with Crippen molar-refractivity contribution in [2.75, 3.05) is 11.9 Å². The number of nitrogens with one attached hydrogen (secondary N) is 2. The van der Waals surface area contributed by atoms with Gasteiger partial charge < -0.3 is 16.4 Å². The molecular formula is C23H23N5O. The fourth-order valence-electron chi connectivity index (χ4n) is 4.25. The largest absolute Gasteiger partial charge is 0.366 e. The molecule has 4 N–H and O–H groups in total. The molecule has 6 heteroatoms. The number of amides is 1. The van der Waals surface area contributed by atoms with Crippen LogP contribution in [0.25, 0.3) is 11.4 Å². The number of fused-ring (bicyclic) bond motifs is 2. The van der Waals surface area contributed by atoms with Gasteiger partial charge in [-0.15, -0.1) is 0 Å². The summed E-state index contributed by atoms with van der Waals surface area (Å²) in [5, 5.41) is 7.10. The smallest absolute Gasteiger partial charge is 0.248 e. The standard InChI is InChI=1S/C23H23N5O/c24-21(29)14-5-7-15(8-6-14)22-27-20-13-25-10-9-19(20)23(28-22)26-18-11-16-3-1-2-4-17(16)12-18/h1-8,18,25H,9-13H2,(H2,24,29)(H,26,27,28). The van der Waals surface area contributed by atoms with Gasteiger partial charge in [-0.2, -0.15) is 0 Å². The van der Waals surface area contributed by atoms with E-state index in [1.165, 1.54) is 16.7 Å². The average Bonchev–Trinajstić information content (AvgIpc) is 3.16. The van der Waals surface area contributed by atoms with Crippen LogP contribution < -0.4 is 16.4 Å². The van der Waals surface area contributed by atoms with Crippen LogP contribution in [0.1, 0.15) is 32.7 Å². The van der Waals surface area contributed by atoms with E-state index in [0.717, 1.165) is 49.4 Å². The Labute approximate surface area is 169 Å². The maximum Gasteiger partial charge on any atom is 0.248 e. The zero-order chi connectivity index (χ0) is 19.8. The average molecular weight is 385 g/mol. The Morgan fingerprint density at radius 3 is 2.45 bits per heavy atom. The molecule has 2 aliphatic rings. The molecule has 0 saturated carbocycles. The number of primary amides is 1.